The molecule has 0 N–H and O–H groups in total. The van der Waals surface area contributed by atoms with E-state index in [0.29, 0.717) is 0 Å². The van der Waals surface area contributed by atoms with Crippen molar-refractivity contribution in [3.8, 4) is 0 Å². The zero-order chi connectivity index (χ0) is 4.50. The summed E-state index contributed by atoms with van der Waals surface area (Å²) in [7, 11) is 0. The van der Waals surface area contributed by atoms with Gasteiger partial charge in [0.1, 0.15) is 0 Å². The van der Waals surface area contributed by atoms with Crippen LogP contribution < -0.4 is 0 Å². The molecule has 0 amide bonds. The Kier molecular flexibility index (Phi) is 4.68. The van der Waals surface area contributed by atoms with Crippen LogP contribution in [0.2, 0.25) is 0 Å². The van der Waals surface area contributed by atoms with Gasteiger partial charge in [-0.15, -0.1) is 0 Å². The van der Waals surface area contributed by atoms with Crippen LogP contribution in [0.5, 0.6) is 0 Å². The second kappa shape index (κ2) is 2.99. The maximum atomic E-state index is 3.36. The van der Waals surface area contributed by atoms with E-state index in [2.05, 4.69) is 47.9 Å². The molecule has 0 fully saturated rings. The first-order valence-electron chi connectivity index (χ1n) is 1.07. The molecule has 0 aromatic rings. The average Bonchev–Trinajstić information content (AvgIpc) is 0.722. The monoisotopic (exact) mass is 430 g/mol. The zero-order valence-electron chi connectivity index (χ0n) is 2.22. The quantitative estimate of drug-likeness (QED) is 0.516. The van der Waals surface area contributed by atoms with Gasteiger partial charge in [-0.25, -0.2) is 0 Å². The van der Waals surface area contributed by atoms with Gasteiger partial charge < -0.3 is 0 Å². The van der Waals surface area contributed by atoms with Gasteiger partial charge in [-0.05, 0) is 0 Å². The first-order valence-corrected chi connectivity index (χ1v) is 37.3. The second-order valence-electron chi connectivity index (χ2n) is 0.606. The molecule has 0 spiro atoms. The molecule has 0 atom stereocenters. The Balaban J connectivity index is 3.02. The van der Waals surface area contributed by atoms with Gasteiger partial charge in [0.2, 0.25) is 0 Å². The van der Waals surface area contributed by atoms with E-state index in [4.69, 9.17) is 0 Å². The molecule has 0 aliphatic heterocycles. The third kappa shape index (κ3) is 19.9. The predicted molar refractivity (Wildman–Crippen MR) is 35.7 cm³/mol. The molecule has 0 aliphatic rings. The number of hydrogen-bond donors (Lipinski definition) is 0. The Morgan fingerprint density at radius 1 is 0.800 bits per heavy atom. The summed E-state index contributed by atoms with van der Waals surface area (Å²) in [5, 5.41) is 0. The minimum atomic E-state index is -2.09. The number of rotatable bonds is 0. The standard InChI is InChI=1S/4BrH.Cd/h4*1H;/q;;;;+4/p-4. The van der Waals surface area contributed by atoms with Crippen molar-refractivity contribution >= 4 is 47.9 Å². The molecule has 0 rings (SSSR count). The van der Waals surface area contributed by atoms with Crippen molar-refractivity contribution in [1.29, 1.82) is 0 Å². The first kappa shape index (κ1) is 7.84. The van der Waals surface area contributed by atoms with Crippen molar-refractivity contribution in [1.82, 2.24) is 0 Å². The SMILES string of the molecule is [Br][Cd]([Br])([Br])[Br]. The Morgan fingerprint density at radius 3 is 0.800 bits per heavy atom. The predicted octanol–water partition coefficient (Wildman–Crippen LogP) is 3.38. The second-order valence-corrected chi connectivity index (χ2v) is 110. The van der Waals surface area contributed by atoms with Crippen LogP contribution in [0, 0.1) is 0 Å². The van der Waals surface area contributed by atoms with Gasteiger partial charge in [0.25, 0.3) is 0 Å². The molecule has 5 heavy (non-hydrogen) atoms. The Morgan fingerprint density at radius 2 is 0.800 bits per heavy atom. The fraction of sp³-hybridized carbons (Fsp3) is 0. The summed E-state index contributed by atoms with van der Waals surface area (Å²) in [6.07, 6.45) is 0. The molecule has 0 aromatic carbocycles. The summed E-state index contributed by atoms with van der Waals surface area (Å²) < 4.78 is 0. The van der Waals surface area contributed by atoms with E-state index >= 15 is 0 Å². The third-order valence-corrected chi connectivity index (χ3v) is 0. The fourth-order valence-electron chi connectivity index (χ4n) is 0. The van der Waals surface area contributed by atoms with Crippen LogP contribution in [0.25, 0.3) is 0 Å². The van der Waals surface area contributed by atoms with Gasteiger partial charge in [-0.1, -0.05) is 0 Å². The third-order valence-electron chi connectivity index (χ3n) is 0. The van der Waals surface area contributed by atoms with Crippen LogP contribution in [-0.2, 0) is 11.5 Å². The van der Waals surface area contributed by atoms with Crippen molar-refractivity contribution in [2.75, 3.05) is 0 Å². The molecular weight excluding hydrogens is 432 g/mol. The molecule has 0 nitrogen and oxygen atoms in total. The molecule has 0 bridgehead atoms. The van der Waals surface area contributed by atoms with Crippen molar-refractivity contribution < 1.29 is 11.5 Å². The molecule has 0 aromatic heterocycles. The molecular formula is Br4Cd. The van der Waals surface area contributed by atoms with Gasteiger partial charge >= 0.3 is 59.5 Å². The van der Waals surface area contributed by atoms with Gasteiger partial charge in [0, 0.05) is 0 Å². The summed E-state index contributed by atoms with van der Waals surface area (Å²) in [5.41, 5.74) is 0. The summed E-state index contributed by atoms with van der Waals surface area (Å²) in [6.45, 7) is 0. The van der Waals surface area contributed by atoms with Crippen LogP contribution in [0.4, 0.5) is 0 Å². The Hall–Kier alpha value is 2.84. The number of halogens is 4. The van der Waals surface area contributed by atoms with E-state index in [0.717, 1.165) is 0 Å². The number of hydrogen-bond acceptors (Lipinski definition) is 0. The van der Waals surface area contributed by atoms with Gasteiger partial charge in [0.05, 0.1) is 0 Å². The summed E-state index contributed by atoms with van der Waals surface area (Å²) in [5.74, 6) is 0. The van der Waals surface area contributed by atoms with Crippen LogP contribution in [0.15, 0.2) is 0 Å². The van der Waals surface area contributed by atoms with Crippen LogP contribution in [-0.4, -0.2) is 0 Å². The molecule has 5 heteroatoms. The van der Waals surface area contributed by atoms with Gasteiger partial charge in [0.15, 0.2) is 0 Å². The molecule has 0 aliphatic carbocycles. The van der Waals surface area contributed by atoms with E-state index in [9.17, 15) is 0 Å². The van der Waals surface area contributed by atoms with Crippen molar-refractivity contribution in [3.05, 3.63) is 0 Å². The van der Waals surface area contributed by atoms with E-state index in [1.54, 1.807) is 0 Å². The van der Waals surface area contributed by atoms with E-state index in [-0.39, 0.29) is 0 Å². The van der Waals surface area contributed by atoms with E-state index in [1.165, 1.54) is 0 Å². The van der Waals surface area contributed by atoms with Crippen LogP contribution in [0.3, 0.4) is 0 Å². The zero-order valence-corrected chi connectivity index (χ0v) is 12.6. The normalized spacial score (nSPS) is 8.80. The van der Waals surface area contributed by atoms with Crippen LogP contribution in [0.1, 0.15) is 0 Å². The molecule has 0 saturated carbocycles. The van der Waals surface area contributed by atoms with Crippen molar-refractivity contribution in [3.63, 3.8) is 0 Å². The summed E-state index contributed by atoms with van der Waals surface area (Å²) in [4.78, 5) is 0. The van der Waals surface area contributed by atoms with Gasteiger partial charge in [-0.3, -0.25) is 0 Å². The molecule has 0 heterocycles. The maximum absolute atomic E-state index is 3.36. The van der Waals surface area contributed by atoms with E-state index in [1.807, 2.05) is 0 Å². The molecule has 0 saturated heterocycles. The summed E-state index contributed by atoms with van der Waals surface area (Å²) >= 11 is 11.3. The van der Waals surface area contributed by atoms with Crippen LogP contribution >= 0.6 is 47.9 Å². The van der Waals surface area contributed by atoms with E-state index < -0.39 is 11.5 Å². The molecule has 0 radical (unpaired) electrons. The summed E-state index contributed by atoms with van der Waals surface area (Å²) in [6, 6.07) is 0. The Labute approximate surface area is 58.0 Å². The van der Waals surface area contributed by atoms with Crippen molar-refractivity contribution in [2.45, 2.75) is 0 Å². The topological polar surface area (TPSA) is 0 Å². The first-order chi connectivity index (χ1) is 2.00. The Bertz CT molecular complexity index is 19.1. The minimum absolute atomic E-state index is 2.09. The van der Waals surface area contributed by atoms with Gasteiger partial charge in [-0.2, -0.15) is 0 Å². The van der Waals surface area contributed by atoms with Crippen molar-refractivity contribution in [2.24, 2.45) is 0 Å². The molecule has 0 unspecified atom stereocenters. The fourth-order valence-corrected chi connectivity index (χ4v) is 0. The molecule has 30 valence electrons. The average molecular weight is 432 g/mol.